The number of allylic oxidation sites excluding steroid dienone is 4. The van der Waals surface area contributed by atoms with E-state index in [1.807, 2.05) is 0 Å². The zero-order valence-electron chi connectivity index (χ0n) is 21.8. The molecule has 0 heteroatoms. The van der Waals surface area contributed by atoms with Gasteiger partial charge in [-0.3, -0.25) is 0 Å². The molecule has 0 aromatic rings. The molecule has 2 aliphatic carbocycles. The van der Waals surface area contributed by atoms with Gasteiger partial charge in [0.25, 0.3) is 0 Å². The first-order chi connectivity index (χ1) is 12.4. The van der Waals surface area contributed by atoms with Crippen molar-refractivity contribution in [1.82, 2.24) is 0 Å². The van der Waals surface area contributed by atoms with E-state index in [9.17, 15) is 0 Å². The summed E-state index contributed by atoms with van der Waals surface area (Å²) in [6.45, 7) is 34.6. The van der Waals surface area contributed by atoms with Gasteiger partial charge in [-0.2, -0.15) is 0 Å². The molecule has 0 saturated carbocycles. The summed E-state index contributed by atoms with van der Waals surface area (Å²) < 4.78 is 0. The van der Waals surface area contributed by atoms with Gasteiger partial charge in [0.1, 0.15) is 0 Å². The van der Waals surface area contributed by atoms with Gasteiger partial charge >= 0.3 is 0 Å². The molecule has 0 saturated heterocycles. The van der Waals surface area contributed by atoms with E-state index in [4.69, 9.17) is 0 Å². The molecule has 1 unspecified atom stereocenters. The van der Waals surface area contributed by atoms with Crippen molar-refractivity contribution >= 4 is 0 Å². The molecule has 0 aromatic heterocycles. The molecule has 0 aliphatic heterocycles. The predicted octanol–water partition coefficient (Wildman–Crippen LogP) is 9.36. The maximum Gasteiger partial charge on any atom is -0.00314 e. The van der Waals surface area contributed by atoms with Crippen molar-refractivity contribution in [3.05, 3.63) is 22.3 Å². The molecule has 0 N–H and O–H groups in total. The lowest BCUT2D eigenvalue weighted by Crippen LogP contribution is -2.44. The molecule has 162 valence electrons. The number of hydrogen-bond acceptors (Lipinski definition) is 0. The van der Waals surface area contributed by atoms with Crippen molar-refractivity contribution in [2.24, 2.45) is 32.5 Å². The van der Waals surface area contributed by atoms with E-state index < -0.39 is 0 Å². The highest BCUT2D eigenvalue weighted by Crippen LogP contribution is 2.69. The molecule has 0 amide bonds. The Hall–Kier alpha value is -0.520. The molecular weight excluding hydrogens is 336 g/mol. The molecule has 28 heavy (non-hydrogen) atoms. The van der Waals surface area contributed by atoms with Crippen LogP contribution in [0.3, 0.4) is 0 Å². The smallest absolute Gasteiger partial charge is 0.00314 e. The Labute approximate surface area is 177 Å². The first-order valence-electron chi connectivity index (χ1n) is 11.8. The summed E-state index contributed by atoms with van der Waals surface area (Å²) in [4.78, 5) is 0. The Kier molecular flexibility index (Phi) is 5.50. The van der Waals surface area contributed by atoms with E-state index in [1.54, 1.807) is 22.3 Å². The molecule has 0 radical (unpaired) electrons. The maximum atomic E-state index is 2.55. The molecule has 0 nitrogen and oxygen atoms in total. The van der Waals surface area contributed by atoms with Crippen LogP contribution in [0.2, 0.25) is 0 Å². The van der Waals surface area contributed by atoms with Gasteiger partial charge in [-0.05, 0) is 79.4 Å². The third-order valence-corrected chi connectivity index (χ3v) is 12.1. The summed E-state index contributed by atoms with van der Waals surface area (Å²) in [6.07, 6.45) is 5.20. The van der Waals surface area contributed by atoms with E-state index in [1.165, 1.54) is 25.7 Å². The fourth-order valence-electron chi connectivity index (χ4n) is 7.50. The maximum absolute atomic E-state index is 2.55. The van der Waals surface area contributed by atoms with Crippen LogP contribution in [0.15, 0.2) is 22.3 Å². The third kappa shape index (κ3) is 2.48. The normalized spacial score (nSPS) is 35.8. The van der Waals surface area contributed by atoms with Crippen LogP contribution in [-0.2, 0) is 0 Å². The van der Waals surface area contributed by atoms with Crippen LogP contribution in [0.25, 0.3) is 0 Å². The van der Waals surface area contributed by atoms with Gasteiger partial charge in [-0.25, -0.2) is 0 Å². The van der Waals surface area contributed by atoms with Crippen molar-refractivity contribution in [3.63, 3.8) is 0 Å². The number of hydrogen-bond donors (Lipinski definition) is 0. The van der Waals surface area contributed by atoms with E-state index in [2.05, 4.69) is 96.9 Å². The van der Waals surface area contributed by atoms with E-state index >= 15 is 0 Å². The van der Waals surface area contributed by atoms with Gasteiger partial charge in [0.05, 0.1) is 0 Å². The summed E-state index contributed by atoms with van der Waals surface area (Å²) in [5.41, 5.74) is 8.37. The monoisotopic (exact) mass is 386 g/mol. The number of rotatable bonds is 5. The van der Waals surface area contributed by atoms with Crippen molar-refractivity contribution in [2.75, 3.05) is 0 Å². The minimum atomic E-state index is 0.273. The average Bonchev–Trinajstić information content (AvgIpc) is 2.75. The van der Waals surface area contributed by atoms with Gasteiger partial charge in [0.15, 0.2) is 0 Å². The second-order valence-corrected chi connectivity index (χ2v) is 12.6. The summed E-state index contributed by atoms with van der Waals surface area (Å²) in [5.74, 6) is 0. The quantitative estimate of drug-likeness (QED) is 0.413. The van der Waals surface area contributed by atoms with Crippen LogP contribution in [0.5, 0.6) is 0 Å². The fourth-order valence-corrected chi connectivity index (χ4v) is 7.50. The van der Waals surface area contributed by atoms with Crippen LogP contribution >= 0.6 is 0 Å². The molecule has 2 aliphatic rings. The lowest BCUT2D eigenvalue weighted by Gasteiger charge is -2.51. The summed E-state index contributed by atoms with van der Waals surface area (Å²) in [6, 6.07) is 0. The van der Waals surface area contributed by atoms with Crippen LogP contribution in [0, 0.1) is 32.5 Å². The second kappa shape index (κ2) is 6.49. The van der Waals surface area contributed by atoms with Crippen molar-refractivity contribution in [2.45, 2.75) is 123 Å². The van der Waals surface area contributed by atoms with E-state index in [0.29, 0.717) is 21.7 Å². The molecule has 0 fully saturated rings. The highest BCUT2D eigenvalue weighted by molar-refractivity contribution is 5.38. The highest BCUT2D eigenvalue weighted by atomic mass is 14.6. The van der Waals surface area contributed by atoms with Crippen molar-refractivity contribution in [3.8, 4) is 0 Å². The Bertz CT molecular complexity index is 706. The molecule has 0 aromatic carbocycles. The molecule has 2 atom stereocenters. The van der Waals surface area contributed by atoms with E-state index in [-0.39, 0.29) is 10.8 Å². The highest BCUT2D eigenvalue weighted by Gasteiger charge is 2.60. The van der Waals surface area contributed by atoms with Gasteiger partial charge in [-0.15, -0.1) is 0 Å². The Morgan fingerprint density at radius 2 is 0.964 bits per heavy atom. The van der Waals surface area contributed by atoms with Crippen LogP contribution in [0.1, 0.15) is 123 Å². The standard InChI is InChI=1S/C28H50/c1-15-28(22(5)20(3)24(8,9)26(28,12)13)18-16-17-27(14)21(4)19(2)23(6,7)25(27,10)11/h15-18H2,1-14H3/t27-,28?/m0/s1. The van der Waals surface area contributed by atoms with Crippen molar-refractivity contribution < 1.29 is 0 Å². The zero-order valence-corrected chi connectivity index (χ0v) is 21.8. The Morgan fingerprint density at radius 3 is 1.29 bits per heavy atom. The molecule has 0 spiro atoms. The third-order valence-electron chi connectivity index (χ3n) is 12.1. The van der Waals surface area contributed by atoms with Crippen LogP contribution in [-0.4, -0.2) is 0 Å². The fraction of sp³-hybridized carbons (Fsp3) is 0.857. The van der Waals surface area contributed by atoms with E-state index in [0.717, 1.165) is 0 Å². The lowest BCUT2D eigenvalue weighted by atomic mass is 9.53. The Balaban J connectivity index is 2.34. The van der Waals surface area contributed by atoms with Crippen LogP contribution < -0.4 is 0 Å². The Morgan fingerprint density at radius 1 is 0.536 bits per heavy atom. The molecule has 0 bridgehead atoms. The molecule has 2 rings (SSSR count). The van der Waals surface area contributed by atoms with Gasteiger partial charge < -0.3 is 0 Å². The predicted molar refractivity (Wildman–Crippen MR) is 127 cm³/mol. The van der Waals surface area contributed by atoms with Gasteiger partial charge in [0.2, 0.25) is 0 Å². The topological polar surface area (TPSA) is 0 Å². The minimum absolute atomic E-state index is 0.273. The van der Waals surface area contributed by atoms with Gasteiger partial charge in [0, 0.05) is 0 Å². The summed E-state index contributed by atoms with van der Waals surface area (Å²) >= 11 is 0. The molecule has 0 heterocycles. The zero-order chi connectivity index (χ0) is 22.1. The second-order valence-electron chi connectivity index (χ2n) is 12.6. The first-order valence-corrected chi connectivity index (χ1v) is 11.8. The summed E-state index contributed by atoms with van der Waals surface area (Å²) in [5, 5.41) is 0. The minimum Gasteiger partial charge on any atom is -0.0676 e. The van der Waals surface area contributed by atoms with Crippen LogP contribution in [0.4, 0.5) is 0 Å². The van der Waals surface area contributed by atoms with Gasteiger partial charge in [-0.1, -0.05) is 98.0 Å². The SMILES string of the molecule is CCC1(CCC[C@@]2(C)C(C)=C(C)C(C)(C)C2(C)C)C(C)=C(C)C(C)(C)C1(C)C. The molecular formula is C28H50. The lowest BCUT2D eigenvalue weighted by molar-refractivity contribution is 0.00891. The largest absolute Gasteiger partial charge is 0.0676 e. The average molecular weight is 387 g/mol. The summed E-state index contributed by atoms with van der Waals surface area (Å²) in [7, 11) is 0. The van der Waals surface area contributed by atoms with Crippen molar-refractivity contribution in [1.29, 1.82) is 0 Å². The first kappa shape index (κ1) is 23.8.